The van der Waals surface area contributed by atoms with Crippen LogP contribution in [0.25, 0.3) is 0 Å². The monoisotopic (exact) mass is 307 g/mol. The van der Waals surface area contributed by atoms with Gasteiger partial charge in [-0.1, -0.05) is 40.2 Å². The Labute approximate surface area is 115 Å². The molecule has 0 aliphatic heterocycles. The Kier molecular flexibility index (Phi) is 3.83. The summed E-state index contributed by atoms with van der Waals surface area (Å²) in [6.07, 6.45) is 0.598. The minimum Gasteiger partial charge on any atom is -0.321 e. The number of benzene rings is 2. The lowest BCUT2D eigenvalue weighted by atomic mass is 9.87. The molecule has 0 bridgehead atoms. The van der Waals surface area contributed by atoms with Crippen LogP contribution in [-0.4, -0.2) is 0 Å². The van der Waals surface area contributed by atoms with Gasteiger partial charge < -0.3 is 5.73 Å². The van der Waals surface area contributed by atoms with Gasteiger partial charge in [0.2, 0.25) is 0 Å². The van der Waals surface area contributed by atoms with Crippen molar-refractivity contribution in [2.24, 2.45) is 5.73 Å². The highest BCUT2D eigenvalue weighted by Crippen LogP contribution is 2.25. The van der Waals surface area contributed by atoms with Crippen LogP contribution in [0.15, 0.2) is 53.0 Å². The van der Waals surface area contributed by atoms with E-state index in [4.69, 9.17) is 5.73 Å². The highest BCUT2D eigenvalue weighted by Gasteiger charge is 2.22. The summed E-state index contributed by atoms with van der Waals surface area (Å²) in [5.41, 5.74) is 7.76. The minimum atomic E-state index is -0.516. The smallest absolute Gasteiger partial charge is 0.123 e. The van der Waals surface area contributed by atoms with Crippen molar-refractivity contribution in [3.63, 3.8) is 0 Å². The van der Waals surface area contributed by atoms with Crippen molar-refractivity contribution in [1.29, 1.82) is 0 Å². The van der Waals surface area contributed by atoms with E-state index in [1.807, 2.05) is 37.3 Å². The van der Waals surface area contributed by atoms with Gasteiger partial charge >= 0.3 is 0 Å². The first kappa shape index (κ1) is 13.2. The Bertz CT molecular complexity index is 552. The summed E-state index contributed by atoms with van der Waals surface area (Å²) in [6.45, 7) is 1.96. The Morgan fingerprint density at radius 2 is 1.89 bits per heavy atom. The molecule has 0 heterocycles. The molecule has 0 saturated heterocycles. The lowest BCUT2D eigenvalue weighted by Gasteiger charge is -2.25. The first-order valence-electron chi connectivity index (χ1n) is 5.77. The molecule has 3 heteroatoms. The average molecular weight is 308 g/mol. The van der Waals surface area contributed by atoms with E-state index >= 15 is 0 Å². The Balaban J connectivity index is 2.26. The third kappa shape index (κ3) is 3.18. The van der Waals surface area contributed by atoms with Crippen LogP contribution in [-0.2, 0) is 12.0 Å². The lowest BCUT2D eigenvalue weighted by Crippen LogP contribution is -2.35. The van der Waals surface area contributed by atoms with E-state index in [9.17, 15) is 4.39 Å². The fourth-order valence-corrected chi connectivity index (χ4v) is 2.42. The van der Waals surface area contributed by atoms with Crippen molar-refractivity contribution >= 4 is 15.9 Å². The first-order chi connectivity index (χ1) is 8.47. The van der Waals surface area contributed by atoms with Gasteiger partial charge in [-0.2, -0.15) is 0 Å². The average Bonchev–Trinajstić information content (AvgIpc) is 2.28. The molecule has 0 aromatic heterocycles. The molecular formula is C15H15BrFN. The van der Waals surface area contributed by atoms with Crippen LogP contribution in [0.4, 0.5) is 4.39 Å². The molecule has 2 aromatic carbocycles. The van der Waals surface area contributed by atoms with Crippen LogP contribution in [0, 0.1) is 5.82 Å². The van der Waals surface area contributed by atoms with Gasteiger partial charge in [0.15, 0.2) is 0 Å². The van der Waals surface area contributed by atoms with Crippen molar-refractivity contribution in [2.75, 3.05) is 0 Å². The summed E-state index contributed by atoms with van der Waals surface area (Å²) in [6, 6.07) is 14.5. The van der Waals surface area contributed by atoms with Gasteiger partial charge in [-0.15, -0.1) is 0 Å². The van der Waals surface area contributed by atoms with Gasteiger partial charge in [0, 0.05) is 10.0 Å². The second kappa shape index (κ2) is 5.21. The van der Waals surface area contributed by atoms with E-state index < -0.39 is 5.54 Å². The third-order valence-corrected chi connectivity index (χ3v) is 3.44. The molecule has 18 heavy (non-hydrogen) atoms. The molecule has 0 spiro atoms. The van der Waals surface area contributed by atoms with Crippen molar-refractivity contribution < 1.29 is 4.39 Å². The highest BCUT2D eigenvalue weighted by atomic mass is 79.9. The van der Waals surface area contributed by atoms with Gasteiger partial charge in [-0.3, -0.25) is 0 Å². The molecule has 0 radical (unpaired) electrons. The summed E-state index contributed by atoms with van der Waals surface area (Å²) in [4.78, 5) is 0. The maximum Gasteiger partial charge on any atom is 0.123 e. The number of hydrogen-bond acceptors (Lipinski definition) is 1. The van der Waals surface area contributed by atoms with Crippen molar-refractivity contribution in [1.82, 2.24) is 0 Å². The topological polar surface area (TPSA) is 26.0 Å². The van der Waals surface area contributed by atoms with E-state index in [1.54, 1.807) is 6.07 Å². The summed E-state index contributed by atoms with van der Waals surface area (Å²) >= 11 is 3.44. The van der Waals surface area contributed by atoms with Crippen LogP contribution in [0.2, 0.25) is 0 Å². The fraction of sp³-hybridized carbons (Fsp3) is 0.200. The zero-order valence-electron chi connectivity index (χ0n) is 10.2. The van der Waals surface area contributed by atoms with E-state index in [2.05, 4.69) is 15.9 Å². The van der Waals surface area contributed by atoms with Crippen LogP contribution in [0.1, 0.15) is 18.1 Å². The molecular weight excluding hydrogens is 293 g/mol. The molecule has 2 rings (SSSR count). The summed E-state index contributed by atoms with van der Waals surface area (Å²) in [5, 5.41) is 0. The zero-order chi connectivity index (χ0) is 13.2. The lowest BCUT2D eigenvalue weighted by molar-refractivity contribution is 0.489. The van der Waals surface area contributed by atoms with E-state index in [0.29, 0.717) is 6.42 Å². The highest BCUT2D eigenvalue weighted by molar-refractivity contribution is 9.10. The summed E-state index contributed by atoms with van der Waals surface area (Å²) < 4.78 is 14.2. The SMILES string of the molecule is CC(N)(Cc1cccc(F)c1)c1cccc(Br)c1. The van der Waals surface area contributed by atoms with Crippen molar-refractivity contribution in [3.8, 4) is 0 Å². The molecule has 0 amide bonds. The largest absolute Gasteiger partial charge is 0.321 e. The van der Waals surface area contributed by atoms with Gasteiger partial charge in [0.05, 0.1) is 0 Å². The van der Waals surface area contributed by atoms with Crippen LogP contribution in [0.5, 0.6) is 0 Å². The number of hydrogen-bond donors (Lipinski definition) is 1. The molecule has 1 nitrogen and oxygen atoms in total. The van der Waals surface area contributed by atoms with Crippen LogP contribution in [0.3, 0.4) is 0 Å². The van der Waals surface area contributed by atoms with E-state index in [1.165, 1.54) is 12.1 Å². The summed E-state index contributed by atoms with van der Waals surface area (Å²) in [5.74, 6) is -0.224. The van der Waals surface area contributed by atoms with E-state index in [0.717, 1.165) is 15.6 Å². The maximum absolute atomic E-state index is 13.2. The molecule has 0 fully saturated rings. The normalized spacial score (nSPS) is 14.2. The Morgan fingerprint density at radius 1 is 1.17 bits per heavy atom. The Morgan fingerprint density at radius 3 is 2.56 bits per heavy atom. The number of halogens is 2. The fourth-order valence-electron chi connectivity index (χ4n) is 2.02. The molecule has 0 aliphatic rings. The van der Waals surface area contributed by atoms with Crippen molar-refractivity contribution in [3.05, 3.63) is 69.9 Å². The van der Waals surface area contributed by atoms with Crippen molar-refractivity contribution in [2.45, 2.75) is 18.9 Å². The second-order valence-corrected chi connectivity index (χ2v) is 5.65. The van der Waals surface area contributed by atoms with Gasteiger partial charge in [-0.25, -0.2) is 4.39 Å². The molecule has 2 N–H and O–H groups in total. The maximum atomic E-state index is 13.2. The number of rotatable bonds is 3. The van der Waals surface area contributed by atoms with Gasteiger partial charge in [0.1, 0.15) is 5.82 Å². The molecule has 1 atom stereocenters. The minimum absolute atomic E-state index is 0.224. The first-order valence-corrected chi connectivity index (χ1v) is 6.56. The Hall–Kier alpha value is -1.19. The van der Waals surface area contributed by atoms with Crippen LogP contribution >= 0.6 is 15.9 Å². The molecule has 94 valence electrons. The molecule has 1 unspecified atom stereocenters. The molecule has 2 aromatic rings. The van der Waals surface area contributed by atoms with Gasteiger partial charge in [-0.05, 0) is 48.7 Å². The van der Waals surface area contributed by atoms with Gasteiger partial charge in [0.25, 0.3) is 0 Å². The summed E-state index contributed by atoms with van der Waals surface area (Å²) in [7, 11) is 0. The number of nitrogens with two attached hydrogens (primary N) is 1. The van der Waals surface area contributed by atoms with E-state index in [-0.39, 0.29) is 5.82 Å². The third-order valence-electron chi connectivity index (χ3n) is 2.94. The second-order valence-electron chi connectivity index (χ2n) is 4.73. The standard InChI is InChI=1S/C15H15BrFN/c1-15(18,12-5-3-6-13(16)9-12)10-11-4-2-7-14(17)8-11/h2-9H,10,18H2,1H3. The zero-order valence-corrected chi connectivity index (χ0v) is 11.7. The molecule has 0 saturated carbocycles. The van der Waals surface area contributed by atoms with Crippen LogP contribution < -0.4 is 5.73 Å². The quantitative estimate of drug-likeness (QED) is 0.911. The predicted octanol–water partition coefficient (Wildman–Crippen LogP) is 4.00. The molecule has 0 aliphatic carbocycles. The predicted molar refractivity (Wildman–Crippen MR) is 75.8 cm³/mol.